The van der Waals surface area contributed by atoms with Gasteiger partial charge in [0.15, 0.2) is 0 Å². The molecule has 0 fully saturated rings. The summed E-state index contributed by atoms with van der Waals surface area (Å²) in [6.07, 6.45) is 1.87. The Labute approximate surface area is 90.3 Å². The quantitative estimate of drug-likeness (QED) is 0.777. The molecular weight excluding hydrogens is 192 g/mol. The molecule has 14 heavy (non-hydrogen) atoms. The van der Waals surface area contributed by atoms with E-state index in [0.717, 1.165) is 16.3 Å². The third-order valence-electron chi connectivity index (χ3n) is 1.85. The van der Waals surface area contributed by atoms with Crippen molar-refractivity contribution in [3.63, 3.8) is 0 Å². The van der Waals surface area contributed by atoms with Crippen LogP contribution in [0.2, 0.25) is 0 Å². The number of thioether (sulfide) groups is 1. The standard InChI is InChI=1S/C11H18N2S/c1-8(2)7-14-11-5-4-10(6-13-11)9(3)12/h4-6,8-9H,7,12H2,1-3H3. The van der Waals surface area contributed by atoms with Gasteiger partial charge in [-0.3, -0.25) is 0 Å². The molecule has 0 amide bonds. The molecule has 1 atom stereocenters. The summed E-state index contributed by atoms with van der Waals surface area (Å²) in [6, 6.07) is 4.18. The minimum Gasteiger partial charge on any atom is -0.324 e. The SMILES string of the molecule is CC(C)CSc1ccc(C(C)N)cn1. The van der Waals surface area contributed by atoms with Crippen molar-refractivity contribution in [1.29, 1.82) is 0 Å². The predicted octanol–water partition coefficient (Wildman–Crippen LogP) is 2.85. The Balaban J connectivity index is 2.55. The lowest BCUT2D eigenvalue weighted by Gasteiger charge is -2.06. The zero-order valence-electron chi connectivity index (χ0n) is 9.03. The summed E-state index contributed by atoms with van der Waals surface area (Å²) in [5.41, 5.74) is 6.84. The number of aromatic nitrogens is 1. The Kier molecular flexibility index (Phi) is 4.42. The first-order chi connectivity index (χ1) is 6.59. The number of nitrogens with two attached hydrogens (primary N) is 1. The highest BCUT2D eigenvalue weighted by Gasteiger charge is 2.01. The van der Waals surface area contributed by atoms with Gasteiger partial charge in [-0.25, -0.2) is 4.98 Å². The maximum absolute atomic E-state index is 5.74. The monoisotopic (exact) mass is 210 g/mol. The first kappa shape index (κ1) is 11.5. The largest absolute Gasteiger partial charge is 0.324 e. The van der Waals surface area contributed by atoms with Crippen molar-refractivity contribution >= 4 is 11.8 Å². The molecule has 1 aromatic heterocycles. The zero-order chi connectivity index (χ0) is 10.6. The fraction of sp³-hybridized carbons (Fsp3) is 0.545. The van der Waals surface area contributed by atoms with Gasteiger partial charge in [0.05, 0.1) is 5.03 Å². The molecule has 0 aliphatic rings. The Morgan fingerprint density at radius 3 is 2.50 bits per heavy atom. The molecule has 0 saturated heterocycles. The highest BCUT2D eigenvalue weighted by molar-refractivity contribution is 7.99. The molecule has 0 aliphatic carbocycles. The summed E-state index contributed by atoms with van der Waals surface area (Å²) >= 11 is 1.80. The normalized spacial score (nSPS) is 13.2. The lowest BCUT2D eigenvalue weighted by atomic mass is 10.2. The molecule has 0 aliphatic heterocycles. The van der Waals surface area contributed by atoms with Crippen molar-refractivity contribution in [2.75, 3.05) is 5.75 Å². The van der Waals surface area contributed by atoms with E-state index < -0.39 is 0 Å². The molecule has 78 valence electrons. The maximum Gasteiger partial charge on any atom is 0.0960 e. The molecule has 0 saturated carbocycles. The van der Waals surface area contributed by atoms with E-state index in [1.54, 1.807) is 11.8 Å². The van der Waals surface area contributed by atoms with Gasteiger partial charge in [-0.2, -0.15) is 0 Å². The number of hydrogen-bond acceptors (Lipinski definition) is 3. The van der Waals surface area contributed by atoms with E-state index in [-0.39, 0.29) is 6.04 Å². The van der Waals surface area contributed by atoms with Crippen molar-refractivity contribution in [3.8, 4) is 0 Å². The summed E-state index contributed by atoms with van der Waals surface area (Å²) in [5, 5.41) is 1.09. The second kappa shape index (κ2) is 5.37. The summed E-state index contributed by atoms with van der Waals surface area (Å²) in [4.78, 5) is 4.35. The van der Waals surface area contributed by atoms with Crippen LogP contribution >= 0.6 is 11.8 Å². The first-order valence-electron chi connectivity index (χ1n) is 4.94. The number of rotatable bonds is 4. The van der Waals surface area contributed by atoms with Crippen LogP contribution < -0.4 is 5.73 Å². The first-order valence-corrected chi connectivity index (χ1v) is 5.92. The van der Waals surface area contributed by atoms with E-state index in [1.165, 1.54) is 0 Å². The van der Waals surface area contributed by atoms with Crippen LogP contribution in [0.3, 0.4) is 0 Å². The molecule has 1 unspecified atom stereocenters. The molecule has 0 aromatic carbocycles. The minimum atomic E-state index is 0.0756. The summed E-state index contributed by atoms with van der Waals surface area (Å²) in [6.45, 7) is 6.39. The van der Waals surface area contributed by atoms with E-state index >= 15 is 0 Å². The highest BCUT2D eigenvalue weighted by atomic mass is 32.2. The van der Waals surface area contributed by atoms with Gasteiger partial charge in [0.25, 0.3) is 0 Å². The van der Waals surface area contributed by atoms with Gasteiger partial charge in [-0.15, -0.1) is 11.8 Å². The Morgan fingerprint density at radius 1 is 1.36 bits per heavy atom. The third kappa shape index (κ3) is 3.68. The number of pyridine rings is 1. The van der Waals surface area contributed by atoms with Crippen molar-refractivity contribution in [2.45, 2.75) is 31.8 Å². The van der Waals surface area contributed by atoms with Crippen molar-refractivity contribution in [3.05, 3.63) is 23.9 Å². The van der Waals surface area contributed by atoms with E-state index in [2.05, 4.69) is 24.9 Å². The molecule has 1 heterocycles. The van der Waals surface area contributed by atoms with Gasteiger partial charge >= 0.3 is 0 Å². The van der Waals surface area contributed by atoms with Crippen molar-refractivity contribution in [1.82, 2.24) is 4.98 Å². The number of nitrogens with zero attached hydrogens (tertiary/aromatic N) is 1. The van der Waals surface area contributed by atoms with Crippen LogP contribution in [-0.2, 0) is 0 Å². The Morgan fingerprint density at radius 2 is 2.07 bits per heavy atom. The lowest BCUT2D eigenvalue weighted by molar-refractivity contribution is 0.749. The van der Waals surface area contributed by atoms with E-state index in [9.17, 15) is 0 Å². The van der Waals surface area contributed by atoms with Crippen LogP contribution in [0, 0.1) is 5.92 Å². The molecule has 0 bridgehead atoms. The van der Waals surface area contributed by atoms with E-state index in [4.69, 9.17) is 5.73 Å². The second-order valence-corrected chi connectivity index (χ2v) is 4.96. The predicted molar refractivity (Wildman–Crippen MR) is 62.4 cm³/mol. The molecule has 1 aromatic rings. The fourth-order valence-electron chi connectivity index (χ4n) is 0.999. The van der Waals surface area contributed by atoms with Crippen LogP contribution in [-0.4, -0.2) is 10.7 Å². The van der Waals surface area contributed by atoms with Gasteiger partial charge < -0.3 is 5.73 Å². The van der Waals surface area contributed by atoms with Gasteiger partial charge in [-0.05, 0) is 24.5 Å². The van der Waals surface area contributed by atoms with Gasteiger partial charge in [0.2, 0.25) is 0 Å². The molecule has 0 spiro atoms. The minimum absolute atomic E-state index is 0.0756. The van der Waals surface area contributed by atoms with Crippen LogP contribution in [0.1, 0.15) is 32.4 Å². The molecule has 0 radical (unpaired) electrons. The van der Waals surface area contributed by atoms with Gasteiger partial charge in [-0.1, -0.05) is 19.9 Å². The van der Waals surface area contributed by atoms with E-state index in [1.807, 2.05) is 19.2 Å². The molecule has 1 rings (SSSR count). The van der Waals surface area contributed by atoms with Gasteiger partial charge in [0.1, 0.15) is 0 Å². The topological polar surface area (TPSA) is 38.9 Å². The lowest BCUT2D eigenvalue weighted by Crippen LogP contribution is -2.05. The molecule has 3 heteroatoms. The average Bonchev–Trinajstić information content (AvgIpc) is 2.15. The van der Waals surface area contributed by atoms with Crippen LogP contribution in [0.25, 0.3) is 0 Å². The van der Waals surface area contributed by atoms with Crippen LogP contribution in [0.5, 0.6) is 0 Å². The maximum atomic E-state index is 5.74. The third-order valence-corrected chi connectivity index (χ3v) is 3.22. The average molecular weight is 210 g/mol. The van der Waals surface area contributed by atoms with Crippen molar-refractivity contribution in [2.24, 2.45) is 11.7 Å². The van der Waals surface area contributed by atoms with E-state index in [0.29, 0.717) is 5.92 Å². The molecule has 2 nitrogen and oxygen atoms in total. The van der Waals surface area contributed by atoms with Crippen molar-refractivity contribution < 1.29 is 0 Å². The molecular formula is C11H18N2S. The summed E-state index contributed by atoms with van der Waals surface area (Å²) in [5.74, 6) is 1.82. The summed E-state index contributed by atoms with van der Waals surface area (Å²) in [7, 11) is 0. The van der Waals surface area contributed by atoms with Crippen LogP contribution in [0.4, 0.5) is 0 Å². The zero-order valence-corrected chi connectivity index (χ0v) is 9.84. The smallest absolute Gasteiger partial charge is 0.0960 e. The number of hydrogen-bond donors (Lipinski definition) is 1. The second-order valence-electron chi connectivity index (χ2n) is 3.92. The fourth-order valence-corrected chi connectivity index (χ4v) is 1.79. The molecule has 2 N–H and O–H groups in total. The Bertz CT molecular complexity index is 267. The Hall–Kier alpha value is -0.540. The van der Waals surface area contributed by atoms with Gasteiger partial charge in [0, 0.05) is 18.0 Å². The summed E-state index contributed by atoms with van der Waals surface area (Å²) < 4.78 is 0. The van der Waals surface area contributed by atoms with Crippen LogP contribution in [0.15, 0.2) is 23.4 Å². The highest BCUT2D eigenvalue weighted by Crippen LogP contribution is 2.19.